The van der Waals surface area contributed by atoms with Gasteiger partial charge in [-0.05, 0) is 74.5 Å². The van der Waals surface area contributed by atoms with Gasteiger partial charge in [0.25, 0.3) is 0 Å². The summed E-state index contributed by atoms with van der Waals surface area (Å²) in [6.45, 7) is 8.98. The quantitative estimate of drug-likeness (QED) is 0.739. The van der Waals surface area contributed by atoms with Crippen LogP contribution in [0.15, 0.2) is 18.2 Å². The summed E-state index contributed by atoms with van der Waals surface area (Å²) in [7, 11) is 0. The van der Waals surface area contributed by atoms with Gasteiger partial charge >= 0.3 is 0 Å². The van der Waals surface area contributed by atoms with E-state index in [1.807, 2.05) is 0 Å². The molecule has 1 nitrogen and oxygen atoms in total. The lowest BCUT2D eigenvalue weighted by atomic mass is 9.66. The number of aryl methyl sites for hydroxylation is 2. The van der Waals surface area contributed by atoms with Crippen LogP contribution in [0.3, 0.4) is 0 Å². The van der Waals surface area contributed by atoms with Crippen LogP contribution in [-0.4, -0.2) is 0 Å². The van der Waals surface area contributed by atoms with Crippen molar-refractivity contribution in [1.29, 1.82) is 5.26 Å². The molecule has 0 N–H and O–H groups in total. The molecule has 20 heavy (non-hydrogen) atoms. The molecule has 2 rings (SSSR count). The van der Waals surface area contributed by atoms with E-state index in [9.17, 15) is 5.26 Å². The molecular formula is C19H27N. The lowest BCUT2D eigenvalue weighted by Gasteiger charge is -2.37. The van der Waals surface area contributed by atoms with E-state index in [-0.39, 0.29) is 5.41 Å². The maximum atomic E-state index is 9.76. The van der Waals surface area contributed by atoms with Crippen LogP contribution in [0.1, 0.15) is 56.2 Å². The van der Waals surface area contributed by atoms with Gasteiger partial charge in [0.05, 0.1) is 11.5 Å². The number of benzene rings is 1. The maximum absolute atomic E-state index is 9.76. The molecule has 0 spiro atoms. The number of hydrogen-bond donors (Lipinski definition) is 0. The Balaban J connectivity index is 2.17. The van der Waals surface area contributed by atoms with Crippen molar-refractivity contribution in [3.63, 3.8) is 0 Å². The largest absolute Gasteiger partial charge is 0.198 e. The lowest BCUT2D eigenvalue weighted by molar-refractivity contribution is 0.174. The summed E-state index contributed by atoms with van der Waals surface area (Å²) >= 11 is 0. The van der Waals surface area contributed by atoms with Gasteiger partial charge in [0.2, 0.25) is 0 Å². The van der Waals surface area contributed by atoms with Gasteiger partial charge in [-0.1, -0.05) is 32.0 Å². The van der Waals surface area contributed by atoms with Crippen molar-refractivity contribution in [2.75, 3.05) is 0 Å². The zero-order chi connectivity index (χ0) is 14.8. The first-order valence-corrected chi connectivity index (χ1v) is 7.94. The summed E-state index contributed by atoms with van der Waals surface area (Å²) in [5, 5.41) is 9.76. The van der Waals surface area contributed by atoms with Crippen LogP contribution in [0.4, 0.5) is 0 Å². The monoisotopic (exact) mass is 269 g/mol. The average molecular weight is 269 g/mol. The summed E-state index contributed by atoms with van der Waals surface area (Å²) in [5.74, 6) is 1.57. The maximum Gasteiger partial charge on any atom is 0.0693 e. The first kappa shape index (κ1) is 15.1. The fourth-order valence-corrected chi connectivity index (χ4v) is 3.65. The van der Waals surface area contributed by atoms with E-state index in [2.05, 4.69) is 52.0 Å². The Bertz CT molecular complexity index is 479. The normalized spacial score (nSPS) is 26.5. The second-order valence-electron chi connectivity index (χ2n) is 7.02. The average Bonchev–Trinajstić information content (AvgIpc) is 2.43. The van der Waals surface area contributed by atoms with Gasteiger partial charge < -0.3 is 0 Å². The molecule has 0 aromatic heterocycles. The Labute approximate surface area is 124 Å². The molecule has 0 aliphatic heterocycles. The van der Waals surface area contributed by atoms with Crippen LogP contribution in [-0.2, 0) is 6.42 Å². The topological polar surface area (TPSA) is 23.8 Å². The van der Waals surface area contributed by atoms with Crippen LogP contribution >= 0.6 is 0 Å². The number of nitrogens with zero attached hydrogens (tertiary/aromatic N) is 1. The highest BCUT2D eigenvalue weighted by atomic mass is 14.4. The van der Waals surface area contributed by atoms with Crippen LogP contribution in [0, 0.1) is 42.4 Å². The van der Waals surface area contributed by atoms with Crippen molar-refractivity contribution in [2.24, 2.45) is 17.3 Å². The molecule has 1 aliphatic carbocycles. The summed E-state index contributed by atoms with van der Waals surface area (Å²) in [4.78, 5) is 0. The van der Waals surface area contributed by atoms with Crippen molar-refractivity contribution in [2.45, 2.75) is 59.8 Å². The lowest BCUT2D eigenvalue weighted by Crippen LogP contribution is -2.30. The van der Waals surface area contributed by atoms with Crippen molar-refractivity contribution in [1.82, 2.24) is 0 Å². The van der Waals surface area contributed by atoms with Gasteiger partial charge in [-0.2, -0.15) is 5.26 Å². The first-order valence-electron chi connectivity index (χ1n) is 7.94. The van der Waals surface area contributed by atoms with Crippen LogP contribution in [0.2, 0.25) is 0 Å². The standard InChI is InChI=1S/C19H27N/c1-14(2)17-8-10-19(13-20,11-9-17)12-18-15(3)6-5-7-16(18)4/h5-7,14,17H,8-12H2,1-4H3. The van der Waals surface area contributed by atoms with Gasteiger partial charge in [0.15, 0.2) is 0 Å². The van der Waals surface area contributed by atoms with Gasteiger partial charge in [0, 0.05) is 0 Å². The first-order chi connectivity index (χ1) is 9.47. The molecule has 1 fully saturated rings. The zero-order valence-corrected chi connectivity index (χ0v) is 13.4. The van der Waals surface area contributed by atoms with Crippen molar-refractivity contribution < 1.29 is 0 Å². The van der Waals surface area contributed by atoms with Gasteiger partial charge in [-0.25, -0.2) is 0 Å². The number of rotatable bonds is 3. The zero-order valence-electron chi connectivity index (χ0n) is 13.4. The minimum absolute atomic E-state index is 0.123. The minimum atomic E-state index is -0.123. The molecule has 0 unspecified atom stereocenters. The Hall–Kier alpha value is -1.29. The van der Waals surface area contributed by atoms with Crippen molar-refractivity contribution in [3.05, 3.63) is 34.9 Å². The predicted octanol–water partition coefficient (Wildman–Crippen LogP) is 5.20. The SMILES string of the molecule is Cc1cccc(C)c1CC1(C#N)CCC(C(C)C)CC1. The Kier molecular flexibility index (Phi) is 4.53. The summed E-state index contributed by atoms with van der Waals surface area (Å²) < 4.78 is 0. The smallest absolute Gasteiger partial charge is 0.0693 e. The van der Waals surface area contributed by atoms with E-state index in [0.29, 0.717) is 0 Å². The highest BCUT2D eigenvalue weighted by Gasteiger charge is 2.36. The van der Waals surface area contributed by atoms with E-state index in [0.717, 1.165) is 31.1 Å². The number of hydrogen-bond acceptors (Lipinski definition) is 1. The number of nitriles is 1. The molecule has 0 radical (unpaired) electrons. The van der Waals surface area contributed by atoms with Crippen molar-refractivity contribution in [3.8, 4) is 6.07 Å². The molecule has 0 amide bonds. The predicted molar refractivity (Wildman–Crippen MR) is 84.5 cm³/mol. The van der Waals surface area contributed by atoms with E-state index >= 15 is 0 Å². The van der Waals surface area contributed by atoms with Gasteiger partial charge in [-0.3, -0.25) is 0 Å². The van der Waals surface area contributed by atoms with Crippen LogP contribution in [0.5, 0.6) is 0 Å². The second-order valence-corrected chi connectivity index (χ2v) is 7.02. The fourth-order valence-electron chi connectivity index (χ4n) is 3.65. The van der Waals surface area contributed by atoms with Crippen molar-refractivity contribution >= 4 is 0 Å². The molecule has 1 aromatic rings. The van der Waals surface area contributed by atoms with Gasteiger partial charge in [-0.15, -0.1) is 0 Å². The molecule has 1 heteroatoms. The van der Waals surface area contributed by atoms with E-state index in [4.69, 9.17) is 0 Å². The van der Waals surface area contributed by atoms with Crippen LogP contribution in [0.25, 0.3) is 0 Å². The molecule has 0 saturated heterocycles. The molecule has 108 valence electrons. The highest BCUT2D eigenvalue weighted by molar-refractivity contribution is 5.35. The molecule has 0 bridgehead atoms. The molecule has 0 heterocycles. The highest BCUT2D eigenvalue weighted by Crippen LogP contribution is 2.43. The minimum Gasteiger partial charge on any atom is -0.198 e. The van der Waals surface area contributed by atoms with E-state index in [1.54, 1.807) is 0 Å². The van der Waals surface area contributed by atoms with E-state index in [1.165, 1.54) is 29.5 Å². The molecular weight excluding hydrogens is 242 g/mol. The summed E-state index contributed by atoms with van der Waals surface area (Å²) in [5.41, 5.74) is 3.95. The summed E-state index contributed by atoms with van der Waals surface area (Å²) in [6, 6.07) is 9.14. The third kappa shape index (κ3) is 3.06. The fraction of sp³-hybridized carbons (Fsp3) is 0.632. The molecule has 1 aromatic carbocycles. The Morgan fingerprint density at radius 2 is 1.75 bits per heavy atom. The third-order valence-electron chi connectivity index (χ3n) is 5.33. The van der Waals surface area contributed by atoms with E-state index < -0.39 is 0 Å². The Morgan fingerprint density at radius 1 is 1.20 bits per heavy atom. The molecule has 1 aliphatic rings. The third-order valence-corrected chi connectivity index (χ3v) is 5.33. The van der Waals surface area contributed by atoms with Gasteiger partial charge in [0.1, 0.15) is 0 Å². The molecule has 0 atom stereocenters. The molecule has 1 saturated carbocycles. The second kappa shape index (κ2) is 6.00. The Morgan fingerprint density at radius 3 is 2.20 bits per heavy atom. The van der Waals surface area contributed by atoms with Crippen LogP contribution < -0.4 is 0 Å². The summed E-state index contributed by atoms with van der Waals surface area (Å²) in [6.07, 6.45) is 5.51.